The van der Waals surface area contributed by atoms with E-state index >= 15 is 0 Å². The second-order valence-electron chi connectivity index (χ2n) is 6.25. The van der Waals surface area contributed by atoms with Gasteiger partial charge in [0.1, 0.15) is 0 Å². The van der Waals surface area contributed by atoms with Crippen LogP contribution < -0.4 is 5.32 Å². The van der Waals surface area contributed by atoms with Crippen LogP contribution in [0.2, 0.25) is 0 Å². The largest absolute Gasteiger partial charge is 0.380 e. The van der Waals surface area contributed by atoms with E-state index in [1.54, 1.807) is 0 Å². The third-order valence-corrected chi connectivity index (χ3v) is 5.23. The summed E-state index contributed by atoms with van der Waals surface area (Å²) in [5, 5.41) is 4.88. The van der Waals surface area contributed by atoms with Gasteiger partial charge in [-0.2, -0.15) is 0 Å². The van der Waals surface area contributed by atoms with Gasteiger partial charge in [0, 0.05) is 28.7 Å². The van der Waals surface area contributed by atoms with Crippen molar-refractivity contribution in [1.82, 2.24) is 4.98 Å². The third kappa shape index (κ3) is 2.55. The zero-order valence-corrected chi connectivity index (χ0v) is 13.5. The van der Waals surface area contributed by atoms with Crippen LogP contribution in [0.5, 0.6) is 0 Å². The van der Waals surface area contributed by atoms with Gasteiger partial charge in [-0.3, -0.25) is 4.98 Å². The fourth-order valence-electron chi connectivity index (χ4n) is 3.54. The molecule has 1 aromatic heterocycles. The molecule has 2 heterocycles. The lowest BCUT2D eigenvalue weighted by atomic mass is 9.74. The molecule has 4 rings (SSSR count). The Bertz CT molecular complexity index is 669. The van der Waals surface area contributed by atoms with Gasteiger partial charge in [-0.1, -0.05) is 12.1 Å². The zero-order valence-electron chi connectivity index (χ0n) is 11.9. The first-order chi connectivity index (χ1) is 10.2. The Morgan fingerprint density at radius 2 is 2.24 bits per heavy atom. The summed E-state index contributed by atoms with van der Waals surface area (Å²) in [6.07, 6.45) is 7.84. The summed E-state index contributed by atoms with van der Waals surface area (Å²) >= 11 is 3.49. The summed E-state index contributed by atoms with van der Waals surface area (Å²) in [6, 6.07) is 8.94. The SMILES string of the molecule is Brc1cnc2c(NC3CCOC4(CCC4)C3)cccc2c1. The predicted molar refractivity (Wildman–Crippen MR) is 88.6 cm³/mol. The van der Waals surface area contributed by atoms with Crippen molar-refractivity contribution < 1.29 is 4.74 Å². The highest BCUT2D eigenvalue weighted by Gasteiger charge is 2.42. The van der Waals surface area contributed by atoms with Gasteiger partial charge in [-0.15, -0.1) is 0 Å². The van der Waals surface area contributed by atoms with Crippen molar-refractivity contribution in [3.8, 4) is 0 Å². The fourth-order valence-corrected chi connectivity index (χ4v) is 3.89. The summed E-state index contributed by atoms with van der Waals surface area (Å²) in [6.45, 7) is 0.876. The van der Waals surface area contributed by atoms with Crippen LogP contribution in [-0.4, -0.2) is 23.2 Å². The van der Waals surface area contributed by atoms with Crippen LogP contribution in [0.3, 0.4) is 0 Å². The second kappa shape index (κ2) is 5.25. The highest BCUT2D eigenvalue weighted by Crippen LogP contribution is 2.43. The highest BCUT2D eigenvalue weighted by molar-refractivity contribution is 9.10. The van der Waals surface area contributed by atoms with Crippen LogP contribution in [0.15, 0.2) is 34.9 Å². The van der Waals surface area contributed by atoms with Crippen molar-refractivity contribution in [2.75, 3.05) is 11.9 Å². The molecular weight excluding hydrogens is 328 g/mol. The van der Waals surface area contributed by atoms with E-state index in [1.165, 1.54) is 24.6 Å². The molecule has 1 aromatic carbocycles. The molecule has 2 fully saturated rings. The average Bonchev–Trinajstić information content (AvgIpc) is 2.46. The Morgan fingerprint density at radius 1 is 1.33 bits per heavy atom. The molecule has 2 aromatic rings. The Kier molecular flexibility index (Phi) is 3.38. The molecule has 3 nitrogen and oxygen atoms in total. The van der Waals surface area contributed by atoms with Crippen LogP contribution >= 0.6 is 15.9 Å². The quantitative estimate of drug-likeness (QED) is 0.868. The zero-order chi connectivity index (χ0) is 14.3. The van der Waals surface area contributed by atoms with Crippen LogP contribution in [0.25, 0.3) is 10.9 Å². The number of halogens is 1. The number of fused-ring (bicyclic) bond motifs is 1. The molecule has 1 N–H and O–H groups in total. The molecule has 1 unspecified atom stereocenters. The second-order valence-corrected chi connectivity index (χ2v) is 7.17. The van der Waals surface area contributed by atoms with Crippen molar-refractivity contribution >= 4 is 32.5 Å². The van der Waals surface area contributed by atoms with Crippen LogP contribution in [0.4, 0.5) is 5.69 Å². The van der Waals surface area contributed by atoms with Crippen molar-refractivity contribution in [2.24, 2.45) is 0 Å². The number of benzene rings is 1. The molecule has 1 saturated heterocycles. The molecule has 1 atom stereocenters. The van der Waals surface area contributed by atoms with Gasteiger partial charge < -0.3 is 10.1 Å². The lowest BCUT2D eigenvalue weighted by Gasteiger charge is -2.47. The van der Waals surface area contributed by atoms with E-state index in [-0.39, 0.29) is 5.60 Å². The third-order valence-electron chi connectivity index (χ3n) is 4.79. The smallest absolute Gasteiger partial charge is 0.0934 e. The van der Waals surface area contributed by atoms with Gasteiger partial charge in [0.25, 0.3) is 0 Å². The van der Waals surface area contributed by atoms with E-state index in [0.717, 1.165) is 35.1 Å². The average molecular weight is 347 g/mol. The van der Waals surface area contributed by atoms with Gasteiger partial charge in [0.15, 0.2) is 0 Å². The molecule has 1 spiro atoms. The minimum Gasteiger partial charge on any atom is -0.380 e. The molecule has 0 bridgehead atoms. The molecular formula is C17H19BrN2O. The van der Waals surface area contributed by atoms with Gasteiger partial charge in [-0.25, -0.2) is 0 Å². The molecule has 21 heavy (non-hydrogen) atoms. The molecule has 1 aliphatic carbocycles. The van der Waals surface area contributed by atoms with Gasteiger partial charge >= 0.3 is 0 Å². The van der Waals surface area contributed by atoms with E-state index in [1.807, 2.05) is 6.20 Å². The Labute approximate surface area is 133 Å². The van der Waals surface area contributed by atoms with Gasteiger partial charge in [0.2, 0.25) is 0 Å². The van der Waals surface area contributed by atoms with Crippen molar-refractivity contribution in [3.05, 3.63) is 34.9 Å². The lowest BCUT2D eigenvalue weighted by molar-refractivity contribution is -0.130. The fraction of sp³-hybridized carbons (Fsp3) is 0.471. The Morgan fingerprint density at radius 3 is 3.05 bits per heavy atom. The summed E-state index contributed by atoms with van der Waals surface area (Å²) in [7, 11) is 0. The number of para-hydroxylation sites is 1. The summed E-state index contributed by atoms with van der Waals surface area (Å²) < 4.78 is 7.03. The maximum Gasteiger partial charge on any atom is 0.0934 e. The number of pyridine rings is 1. The van der Waals surface area contributed by atoms with Crippen LogP contribution in [-0.2, 0) is 4.74 Å². The lowest BCUT2D eigenvalue weighted by Crippen LogP contribution is -2.49. The van der Waals surface area contributed by atoms with Crippen LogP contribution in [0.1, 0.15) is 32.1 Å². The Balaban J connectivity index is 1.59. The number of aromatic nitrogens is 1. The number of hydrogen-bond acceptors (Lipinski definition) is 3. The topological polar surface area (TPSA) is 34.2 Å². The summed E-state index contributed by atoms with van der Waals surface area (Å²) in [5.74, 6) is 0. The molecule has 0 radical (unpaired) electrons. The van der Waals surface area contributed by atoms with Gasteiger partial charge in [0.05, 0.1) is 16.8 Å². The van der Waals surface area contributed by atoms with Crippen molar-refractivity contribution in [1.29, 1.82) is 0 Å². The van der Waals surface area contributed by atoms with E-state index in [2.05, 4.69) is 50.5 Å². The maximum absolute atomic E-state index is 6.01. The minimum atomic E-state index is 0.178. The van der Waals surface area contributed by atoms with Crippen molar-refractivity contribution in [2.45, 2.75) is 43.7 Å². The van der Waals surface area contributed by atoms with E-state index in [9.17, 15) is 0 Å². The molecule has 1 saturated carbocycles. The number of anilines is 1. The number of hydrogen-bond donors (Lipinski definition) is 1. The molecule has 1 aliphatic heterocycles. The molecule has 4 heteroatoms. The van der Waals surface area contributed by atoms with E-state index in [0.29, 0.717) is 6.04 Å². The summed E-state index contributed by atoms with van der Waals surface area (Å²) in [5.41, 5.74) is 2.37. The first-order valence-corrected chi connectivity index (χ1v) is 8.48. The monoisotopic (exact) mass is 346 g/mol. The number of nitrogens with zero attached hydrogens (tertiary/aromatic N) is 1. The standard InChI is InChI=1S/C17H19BrN2O/c18-13-9-12-3-1-4-15(16(12)19-11-13)20-14-5-8-21-17(10-14)6-2-7-17/h1,3-4,9,11,14,20H,2,5-8,10H2. The Hall–Kier alpha value is -1.13. The highest BCUT2D eigenvalue weighted by atomic mass is 79.9. The van der Waals surface area contributed by atoms with Crippen molar-refractivity contribution in [3.63, 3.8) is 0 Å². The van der Waals surface area contributed by atoms with E-state index < -0.39 is 0 Å². The minimum absolute atomic E-state index is 0.178. The van der Waals surface area contributed by atoms with Crippen LogP contribution in [0, 0.1) is 0 Å². The first-order valence-electron chi connectivity index (χ1n) is 7.69. The van der Waals surface area contributed by atoms with Gasteiger partial charge in [-0.05, 0) is 60.2 Å². The summed E-state index contributed by atoms with van der Waals surface area (Å²) in [4.78, 5) is 4.58. The number of nitrogens with one attached hydrogen (secondary N) is 1. The molecule has 0 amide bonds. The molecule has 110 valence electrons. The predicted octanol–water partition coefficient (Wildman–Crippen LogP) is 4.51. The number of rotatable bonds is 2. The van der Waals surface area contributed by atoms with E-state index in [4.69, 9.17) is 4.74 Å². The molecule has 2 aliphatic rings. The first kappa shape index (κ1) is 13.5. The number of ether oxygens (including phenoxy) is 1. The maximum atomic E-state index is 6.01. The normalized spacial score (nSPS) is 24.0.